The van der Waals surface area contributed by atoms with E-state index in [0.29, 0.717) is 50.4 Å². The van der Waals surface area contributed by atoms with E-state index in [0.717, 1.165) is 22.8 Å². The van der Waals surface area contributed by atoms with E-state index in [1.807, 2.05) is 36.4 Å². The van der Waals surface area contributed by atoms with Gasteiger partial charge in [0.05, 0.1) is 20.3 Å². The smallest absolute Gasteiger partial charge is 0.320 e. The lowest BCUT2D eigenvalue weighted by molar-refractivity contribution is 0.122. The molecule has 3 aromatic heterocycles. The van der Waals surface area contributed by atoms with Crippen LogP contribution < -0.4 is 24.4 Å². The molecule has 0 amide bonds. The Morgan fingerprint density at radius 3 is 2.69 bits per heavy atom. The van der Waals surface area contributed by atoms with Gasteiger partial charge in [0.1, 0.15) is 24.5 Å². The Morgan fingerprint density at radius 2 is 1.89 bits per heavy atom. The maximum absolute atomic E-state index is 5.80. The topological polar surface area (TPSA) is 120 Å². The highest BCUT2D eigenvalue weighted by atomic mass is 16.5. The number of methoxy groups -OCH3 is 1. The van der Waals surface area contributed by atoms with Crippen molar-refractivity contribution in [1.82, 2.24) is 24.9 Å². The van der Waals surface area contributed by atoms with Gasteiger partial charge in [-0.25, -0.2) is 4.98 Å². The number of H-pyrrole nitrogens is 1. The normalized spacial score (nSPS) is 13.2. The zero-order valence-corrected chi connectivity index (χ0v) is 18.7. The minimum atomic E-state index is 0. The van der Waals surface area contributed by atoms with Crippen LogP contribution in [0.1, 0.15) is 7.43 Å². The molecule has 0 radical (unpaired) electrons. The van der Waals surface area contributed by atoms with E-state index in [4.69, 9.17) is 18.9 Å². The molecule has 0 atom stereocenters. The number of hydrogen-bond donors (Lipinski definition) is 2. The Labute approximate surface area is 203 Å². The number of aromatic amines is 1. The SMILES string of the molecule is C.COc1cccc(Nc2nc3nc(OCCOc4ccccn4)nc(N4CCOCC4)c3[nH]2)c1. The van der Waals surface area contributed by atoms with Crippen LogP contribution in [-0.4, -0.2) is 71.5 Å². The minimum Gasteiger partial charge on any atom is -0.497 e. The summed E-state index contributed by atoms with van der Waals surface area (Å²) in [4.78, 5) is 23.4. The van der Waals surface area contributed by atoms with Gasteiger partial charge in [0.25, 0.3) is 0 Å². The number of aromatic nitrogens is 5. The van der Waals surface area contributed by atoms with E-state index in [2.05, 4.69) is 35.1 Å². The number of rotatable bonds is 9. The van der Waals surface area contributed by atoms with Gasteiger partial charge in [-0.2, -0.15) is 15.0 Å². The molecular formula is C24H29N7O4. The molecule has 0 unspecified atom stereocenters. The van der Waals surface area contributed by atoms with Crippen LogP contribution in [0.25, 0.3) is 11.2 Å². The fourth-order valence-corrected chi connectivity index (χ4v) is 3.54. The van der Waals surface area contributed by atoms with Crippen LogP contribution in [-0.2, 0) is 4.74 Å². The van der Waals surface area contributed by atoms with E-state index in [1.54, 1.807) is 19.4 Å². The lowest BCUT2D eigenvalue weighted by Gasteiger charge is -2.28. The van der Waals surface area contributed by atoms with E-state index >= 15 is 0 Å². The summed E-state index contributed by atoms with van der Waals surface area (Å²) in [5.74, 6) is 2.55. The summed E-state index contributed by atoms with van der Waals surface area (Å²) in [7, 11) is 1.63. The number of anilines is 3. The summed E-state index contributed by atoms with van der Waals surface area (Å²) >= 11 is 0. The van der Waals surface area contributed by atoms with Crippen molar-refractivity contribution in [3.8, 4) is 17.6 Å². The molecule has 2 N–H and O–H groups in total. The van der Waals surface area contributed by atoms with Crippen molar-refractivity contribution in [3.05, 3.63) is 48.7 Å². The Kier molecular flexibility index (Phi) is 7.78. The van der Waals surface area contributed by atoms with Gasteiger partial charge < -0.3 is 34.1 Å². The van der Waals surface area contributed by atoms with Crippen molar-refractivity contribution in [2.45, 2.75) is 7.43 Å². The van der Waals surface area contributed by atoms with Gasteiger partial charge in [-0.1, -0.05) is 19.6 Å². The van der Waals surface area contributed by atoms with Crippen LogP contribution in [0.2, 0.25) is 0 Å². The molecule has 11 nitrogen and oxygen atoms in total. The first kappa shape index (κ1) is 24.0. The molecule has 0 spiro atoms. The Morgan fingerprint density at radius 1 is 1.03 bits per heavy atom. The summed E-state index contributed by atoms with van der Waals surface area (Å²) in [6, 6.07) is 13.3. The molecule has 1 fully saturated rings. The van der Waals surface area contributed by atoms with Gasteiger partial charge in [0.15, 0.2) is 11.5 Å². The number of morpholine rings is 1. The van der Waals surface area contributed by atoms with Crippen molar-refractivity contribution in [3.63, 3.8) is 0 Å². The summed E-state index contributed by atoms with van der Waals surface area (Å²) in [6.45, 7) is 3.27. The van der Waals surface area contributed by atoms with E-state index in [9.17, 15) is 0 Å². The molecule has 184 valence electrons. The molecule has 35 heavy (non-hydrogen) atoms. The number of nitrogens with zero attached hydrogens (tertiary/aromatic N) is 5. The summed E-state index contributed by atoms with van der Waals surface area (Å²) < 4.78 is 22.2. The predicted molar refractivity (Wildman–Crippen MR) is 133 cm³/mol. The molecule has 0 saturated carbocycles. The molecule has 1 aliphatic rings. The van der Waals surface area contributed by atoms with Crippen LogP contribution >= 0.6 is 0 Å². The van der Waals surface area contributed by atoms with Gasteiger partial charge in [0.2, 0.25) is 11.8 Å². The molecule has 4 aromatic rings. The average molecular weight is 480 g/mol. The van der Waals surface area contributed by atoms with E-state index in [1.165, 1.54) is 0 Å². The first-order valence-electron chi connectivity index (χ1n) is 11.0. The van der Waals surface area contributed by atoms with Crippen molar-refractivity contribution in [2.75, 3.05) is 56.8 Å². The average Bonchev–Trinajstić information content (AvgIpc) is 3.29. The zero-order valence-electron chi connectivity index (χ0n) is 18.7. The molecule has 0 aliphatic carbocycles. The lowest BCUT2D eigenvalue weighted by Crippen LogP contribution is -2.37. The molecule has 11 heteroatoms. The zero-order chi connectivity index (χ0) is 23.2. The number of ether oxygens (including phenoxy) is 4. The highest BCUT2D eigenvalue weighted by Crippen LogP contribution is 2.28. The standard InChI is InChI=1S/C23H25N7O4.CH4/c1-31-17-6-4-5-16(15-17)25-22-26-19-20(27-22)28-23(29-21(19)30-9-11-32-12-10-30)34-14-13-33-18-7-2-3-8-24-18;/h2-8,15H,9-14H2,1H3,(H2,25,26,27,28,29);1H4. The number of imidazole rings is 1. The van der Waals surface area contributed by atoms with Crippen molar-refractivity contribution in [1.29, 1.82) is 0 Å². The molecule has 0 bridgehead atoms. The van der Waals surface area contributed by atoms with E-state index in [-0.39, 0.29) is 20.0 Å². The molecular weight excluding hydrogens is 450 g/mol. The summed E-state index contributed by atoms with van der Waals surface area (Å²) in [5.41, 5.74) is 2.06. The number of fused-ring (bicyclic) bond motifs is 1. The van der Waals surface area contributed by atoms with Crippen LogP contribution in [0.4, 0.5) is 17.5 Å². The molecule has 4 heterocycles. The quantitative estimate of drug-likeness (QED) is 0.346. The monoisotopic (exact) mass is 479 g/mol. The maximum atomic E-state index is 5.80. The predicted octanol–water partition coefficient (Wildman–Crippen LogP) is 3.43. The van der Waals surface area contributed by atoms with Crippen LogP contribution in [0.5, 0.6) is 17.6 Å². The number of benzene rings is 1. The number of pyridine rings is 1. The van der Waals surface area contributed by atoms with Crippen molar-refractivity contribution in [2.24, 2.45) is 0 Å². The summed E-state index contributed by atoms with van der Waals surface area (Å²) in [5, 5.41) is 3.26. The van der Waals surface area contributed by atoms with Gasteiger partial charge in [-0.3, -0.25) is 0 Å². The molecule has 1 aliphatic heterocycles. The maximum Gasteiger partial charge on any atom is 0.320 e. The van der Waals surface area contributed by atoms with Crippen LogP contribution in [0, 0.1) is 0 Å². The van der Waals surface area contributed by atoms with Gasteiger partial charge in [-0.15, -0.1) is 0 Å². The Hall–Kier alpha value is -4.12. The van der Waals surface area contributed by atoms with Gasteiger partial charge in [0, 0.05) is 37.1 Å². The molecule has 5 rings (SSSR count). The minimum absolute atomic E-state index is 0. The van der Waals surface area contributed by atoms with Crippen molar-refractivity contribution < 1.29 is 18.9 Å². The largest absolute Gasteiger partial charge is 0.497 e. The second-order valence-corrected chi connectivity index (χ2v) is 7.44. The highest BCUT2D eigenvalue weighted by Gasteiger charge is 2.21. The summed E-state index contributed by atoms with van der Waals surface area (Å²) in [6.07, 6.45) is 1.68. The third kappa shape index (κ3) is 5.87. The Balaban J connectivity index is 0.00000289. The second-order valence-electron chi connectivity index (χ2n) is 7.44. The fraction of sp³-hybridized carbons (Fsp3) is 0.333. The van der Waals surface area contributed by atoms with Crippen molar-refractivity contribution >= 4 is 28.6 Å². The number of nitrogens with one attached hydrogen (secondary N) is 2. The van der Waals surface area contributed by atoms with E-state index < -0.39 is 0 Å². The van der Waals surface area contributed by atoms with Gasteiger partial charge >= 0.3 is 6.01 Å². The van der Waals surface area contributed by atoms with Crippen LogP contribution in [0.15, 0.2) is 48.7 Å². The lowest BCUT2D eigenvalue weighted by atomic mass is 10.3. The van der Waals surface area contributed by atoms with Gasteiger partial charge in [-0.05, 0) is 18.2 Å². The number of hydrogen-bond acceptors (Lipinski definition) is 10. The third-order valence-corrected chi connectivity index (χ3v) is 5.16. The Bertz CT molecular complexity index is 1230. The molecule has 1 saturated heterocycles. The third-order valence-electron chi connectivity index (χ3n) is 5.16. The highest BCUT2D eigenvalue weighted by molar-refractivity contribution is 5.86. The first-order chi connectivity index (χ1) is 16.8. The first-order valence-corrected chi connectivity index (χ1v) is 11.0. The second kappa shape index (κ2) is 11.3. The fourth-order valence-electron chi connectivity index (χ4n) is 3.54. The van der Waals surface area contributed by atoms with Crippen LogP contribution in [0.3, 0.4) is 0 Å². The molecule has 1 aromatic carbocycles.